The Hall–Kier alpha value is -3.67. The van der Waals surface area contributed by atoms with Crippen molar-refractivity contribution in [3.05, 3.63) is 83.2 Å². The first-order valence-corrected chi connectivity index (χ1v) is 10.4. The van der Waals surface area contributed by atoms with Crippen LogP contribution in [0.15, 0.2) is 60.7 Å². The van der Waals surface area contributed by atoms with Gasteiger partial charge in [-0.1, -0.05) is 24.3 Å². The van der Waals surface area contributed by atoms with Crippen molar-refractivity contribution >= 4 is 23.6 Å². The Kier molecular flexibility index (Phi) is 7.03. The molecule has 0 spiro atoms. The second-order valence-corrected chi connectivity index (χ2v) is 7.21. The predicted octanol–water partition coefficient (Wildman–Crippen LogP) is 4.62. The van der Waals surface area contributed by atoms with Crippen LogP contribution in [0.4, 0.5) is 5.69 Å². The molecule has 6 heteroatoms. The van der Waals surface area contributed by atoms with E-state index >= 15 is 0 Å². The highest BCUT2D eigenvalue weighted by atomic mass is 16.2. The van der Waals surface area contributed by atoms with Gasteiger partial charge >= 0.3 is 0 Å². The first-order valence-electron chi connectivity index (χ1n) is 10.4. The Morgan fingerprint density at radius 2 is 1.74 bits per heavy atom. The van der Waals surface area contributed by atoms with Gasteiger partial charge in [-0.15, -0.1) is 0 Å². The molecule has 0 fully saturated rings. The first-order chi connectivity index (χ1) is 14.9. The molecule has 0 bridgehead atoms. The minimum absolute atomic E-state index is 0.0452. The summed E-state index contributed by atoms with van der Waals surface area (Å²) in [5.74, 6) is -0.310. The summed E-state index contributed by atoms with van der Waals surface area (Å²) in [6.07, 6.45) is 3.27. The van der Waals surface area contributed by atoms with E-state index < -0.39 is 0 Å². The van der Waals surface area contributed by atoms with Crippen LogP contribution in [0.1, 0.15) is 41.2 Å². The van der Waals surface area contributed by atoms with E-state index in [1.807, 2.05) is 62.7 Å². The van der Waals surface area contributed by atoms with E-state index in [2.05, 4.69) is 10.4 Å². The number of nitrogens with zero attached hydrogens (tertiary/aromatic N) is 3. The van der Waals surface area contributed by atoms with Crippen LogP contribution in [0.25, 0.3) is 11.8 Å². The van der Waals surface area contributed by atoms with Crippen LogP contribution < -0.4 is 5.32 Å². The van der Waals surface area contributed by atoms with Crippen molar-refractivity contribution in [1.29, 1.82) is 0 Å². The van der Waals surface area contributed by atoms with Gasteiger partial charge in [0.05, 0.1) is 11.4 Å². The maximum Gasteiger partial charge on any atom is 0.253 e. The van der Waals surface area contributed by atoms with E-state index in [4.69, 9.17) is 0 Å². The van der Waals surface area contributed by atoms with E-state index in [-0.39, 0.29) is 11.8 Å². The molecular weight excluding hydrogens is 388 g/mol. The van der Waals surface area contributed by atoms with Crippen molar-refractivity contribution in [2.45, 2.75) is 27.7 Å². The average Bonchev–Trinajstić information content (AvgIpc) is 3.07. The van der Waals surface area contributed by atoms with Gasteiger partial charge in [0.15, 0.2) is 0 Å². The third-order valence-electron chi connectivity index (χ3n) is 5.18. The number of benzene rings is 2. The van der Waals surface area contributed by atoms with Gasteiger partial charge in [-0.3, -0.25) is 9.59 Å². The summed E-state index contributed by atoms with van der Waals surface area (Å²) in [7, 11) is 0. The van der Waals surface area contributed by atoms with Gasteiger partial charge in [0, 0.05) is 41.7 Å². The van der Waals surface area contributed by atoms with Crippen LogP contribution in [0.2, 0.25) is 0 Å². The number of hydrogen-bond donors (Lipinski definition) is 1. The fourth-order valence-electron chi connectivity index (χ4n) is 3.48. The molecular formula is C25H28N4O2. The highest BCUT2D eigenvalue weighted by Gasteiger charge is 2.13. The van der Waals surface area contributed by atoms with Crippen molar-refractivity contribution < 1.29 is 9.59 Å². The molecule has 0 saturated heterocycles. The van der Waals surface area contributed by atoms with Gasteiger partial charge in [0.1, 0.15) is 0 Å². The number of nitrogens with one attached hydrogen (secondary N) is 1. The molecule has 2 aromatic carbocycles. The van der Waals surface area contributed by atoms with Crippen LogP contribution in [-0.2, 0) is 4.79 Å². The number of rotatable bonds is 7. The number of carbonyl (C=O) groups excluding carboxylic acids is 2. The average molecular weight is 417 g/mol. The monoisotopic (exact) mass is 416 g/mol. The molecule has 31 heavy (non-hydrogen) atoms. The molecule has 1 N–H and O–H groups in total. The number of aromatic nitrogens is 2. The fraction of sp³-hybridized carbons (Fsp3) is 0.240. The van der Waals surface area contributed by atoms with Gasteiger partial charge in [0.2, 0.25) is 5.91 Å². The topological polar surface area (TPSA) is 67.2 Å². The number of anilines is 1. The van der Waals surface area contributed by atoms with E-state index in [1.54, 1.807) is 35.2 Å². The quantitative estimate of drug-likeness (QED) is 0.572. The summed E-state index contributed by atoms with van der Waals surface area (Å²) < 4.78 is 1.87. The Labute approximate surface area is 183 Å². The van der Waals surface area contributed by atoms with Gasteiger partial charge in [-0.25, -0.2) is 4.68 Å². The third-order valence-corrected chi connectivity index (χ3v) is 5.18. The van der Waals surface area contributed by atoms with Crippen molar-refractivity contribution in [2.24, 2.45) is 0 Å². The van der Waals surface area contributed by atoms with Gasteiger partial charge in [-0.05, 0) is 64.1 Å². The lowest BCUT2D eigenvalue weighted by Gasteiger charge is -2.18. The zero-order valence-corrected chi connectivity index (χ0v) is 18.4. The number of amides is 2. The standard InChI is InChI=1S/C25H28N4O2/c1-5-28(6-2)25(31)20-11-10-12-21(17-20)26-24(30)16-15-23-18(3)27-29(19(23)4)22-13-8-7-9-14-22/h7-17H,5-6H2,1-4H3,(H,26,30)/b16-15+. The molecule has 0 radical (unpaired) electrons. The molecule has 6 nitrogen and oxygen atoms in total. The Balaban J connectivity index is 1.74. The molecule has 2 amide bonds. The minimum atomic E-state index is -0.265. The van der Waals surface area contributed by atoms with Crippen molar-refractivity contribution in [2.75, 3.05) is 18.4 Å². The molecule has 0 saturated carbocycles. The smallest absolute Gasteiger partial charge is 0.253 e. The number of para-hydroxylation sites is 1. The SMILES string of the molecule is CCN(CC)C(=O)c1cccc(NC(=O)/C=C/c2c(C)nn(-c3ccccc3)c2C)c1. The van der Waals surface area contributed by atoms with E-state index in [1.165, 1.54) is 6.08 Å². The molecule has 0 unspecified atom stereocenters. The summed E-state index contributed by atoms with van der Waals surface area (Å²) in [6.45, 7) is 9.08. The summed E-state index contributed by atoms with van der Waals surface area (Å²) >= 11 is 0. The van der Waals surface area contributed by atoms with Gasteiger partial charge in [0.25, 0.3) is 5.91 Å². The van der Waals surface area contributed by atoms with Gasteiger partial charge < -0.3 is 10.2 Å². The molecule has 0 aliphatic heterocycles. The summed E-state index contributed by atoms with van der Waals surface area (Å²) in [6, 6.07) is 16.9. The van der Waals surface area contributed by atoms with Crippen molar-refractivity contribution in [3.63, 3.8) is 0 Å². The molecule has 0 aliphatic rings. The van der Waals surface area contributed by atoms with Crippen LogP contribution in [-0.4, -0.2) is 39.6 Å². The molecule has 0 aliphatic carbocycles. The third kappa shape index (κ3) is 5.09. The van der Waals surface area contributed by atoms with Gasteiger partial charge in [-0.2, -0.15) is 5.10 Å². The van der Waals surface area contributed by atoms with Crippen LogP contribution in [0.3, 0.4) is 0 Å². The molecule has 1 heterocycles. The van der Waals surface area contributed by atoms with Crippen LogP contribution in [0.5, 0.6) is 0 Å². The number of carbonyl (C=O) groups is 2. The highest BCUT2D eigenvalue weighted by molar-refractivity contribution is 6.03. The van der Waals surface area contributed by atoms with E-state index in [0.29, 0.717) is 24.3 Å². The maximum atomic E-state index is 12.5. The fourth-order valence-corrected chi connectivity index (χ4v) is 3.48. The minimum Gasteiger partial charge on any atom is -0.339 e. The zero-order valence-electron chi connectivity index (χ0n) is 18.4. The lowest BCUT2D eigenvalue weighted by molar-refractivity contribution is -0.111. The molecule has 160 valence electrons. The molecule has 3 aromatic rings. The van der Waals surface area contributed by atoms with Crippen LogP contribution in [0, 0.1) is 13.8 Å². The predicted molar refractivity (Wildman–Crippen MR) is 124 cm³/mol. The van der Waals surface area contributed by atoms with Crippen molar-refractivity contribution in [1.82, 2.24) is 14.7 Å². The second kappa shape index (κ2) is 9.89. The summed E-state index contributed by atoms with van der Waals surface area (Å²) in [5, 5.41) is 7.43. The lowest BCUT2D eigenvalue weighted by Crippen LogP contribution is -2.30. The Bertz CT molecular complexity index is 1100. The normalized spacial score (nSPS) is 11.0. The second-order valence-electron chi connectivity index (χ2n) is 7.21. The molecule has 1 aromatic heterocycles. The largest absolute Gasteiger partial charge is 0.339 e. The highest BCUT2D eigenvalue weighted by Crippen LogP contribution is 2.19. The molecule has 0 atom stereocenters. The zero-order chi connectivity index (χ0) is 22.4. The number of aryl methyl sites for hydroxylation is 1. The summed E-state index contributed by atoms with van der Waals surface area (Å²) in [4.78, 5) is 26.8. The first kappa shape index (κ1) is 22.0. The number of hydrogen-bond acceptors (Lipinski definition) is 3. The molecule has 3 rings (SSSR count). The van der Waals surface area contributed by atoms with Crippen LogP contribution >= 0.6 is 0 Å². The van der Waals surface area contributed by atoms with Crippen molar-refractivity contribution in [3.8, 4) is 5.69 Å². The van der Waals surface area contributed by atoms with E-state index in [9.17, 15) is 9.59 Å². The maximum absolute atomic E-state index is 12.5. The van der Waals surface area contributed by atoms with E-state index in [0.717, 1.165) is 22.6 Å². The summed E-state index contributed by atoms with van der Waals surface area (Å²) in [5.41, 5.74) is 4.82. The lowest BCUT2D eigenvalue weighted by atomic mass is 10.1. The Morgan fingerprint density at radius 1 is 1.03 bits per heavy atom. The Morgan fingerprint density at radius 3 is 2.42 bits per heavy atom.